The molecule has 4 nitrogen and oxygen atoms in total. The van der Waals surface area contributed by atoms with E-state index in [1.807, 2.05) is 24.3 Å². The van der Waals surface area contributed by atoms with Crippen LogP contribution in [-0.4, -0.2) is 12.6 Å². The van der Waals surface area contributed by atoms with Gasteiger partial charge in [-0.3, -0.25) is 0 Å². The Morgan fingerprint density at radius 2 is 2.00 bits per heavy atom. The first-order valence-electron chi connectivity index (χ1n) is 6.54. The predicted octanol–water partition coefficient (Wildman–Crippen LogP) is 3.79. The molecule has 0 spiro atoms. The van der Waals surface area contributed by atoms with Crippen LogP contribution in [0.15, 0.2) is 46.9 Å². The lowest BCUT2D eigenvalue weighted by Crippen LogP contribution is -2.06. The Morgan fingerprint density at radius 1 is 1.24 bits per heavy atom. The molecule has 21 heavy (non-hydrogen) atoms. The van der Waals surface area contributed by atoms with Crippen LogP contribution in [0.4, 0.5) is 5.69 Å². The van der Waals surface area contributed by atoms with Crippen molar-refractivity contribution < 1.29 is 14.3 Å². The van der Waals surface area contributed by atoms with Gasteiger partial charge in [-0.2, -0.15) is 0 Å². The molecule has 2 rings (SSSR count). The molecule has 0 bridgehead atoms. The number of rotatable bonds is 5. The molecule has 0 amide bonds. The molecule has 0 unspecified atom stereocenters. The Morgan fingerprint density at radius 3 is 2.71 bits per heavy atom. The Kier molecular flexibility index (Phi) is 5.22. The maximum absolute atomic E-state index is 11.7. The summed E-state index contributed by atoms with van der Waals surface area (Å²) >= 11 is 3.46. The third-order valence-electron chi connectivity index (χ3n) is 2.87. The largest absolute Gasteiger partial charge is 0.487 e. The molecule has 5 heteroatoms. The standard InChI is InChI=1S/C16H16BrNO3/c1-2-20-16(19)11-7-8-14(18)15(9-11)21-10-12-5-3-4-6-13(12)17/h3-9H,2,10,18H2,1H3. The second kappa shape index (κ2) is 7.13. The molecule has 0 heterocycles. The molecule has 0 aromatic heterocycles. The van der Waals surface area contributed by atoms with Gasteiger partial charge in [-0.15, -0.1) is 0 Å². The summed E-state index contributed by atoms with van der Waals surface area (Å²) in [7, 11) is 0. The van der Waals surface area contributed by atoms with E-state index in [1.165, 1.54) is 0 Å². The average Bonchev–Trinajstić information content (AvgIpc) is 2.48. The summed E-state index contributed by atoms with van der Waals surface area (Å²) in [5.74, 6) is 0.0829. The van der Waals surface area contributed by atoms with Gasteiger partial charge in [-0.05, 0) is 31.2 Å². The van der Waals surface area contributed by atoms with Gasteiger partial charge in [0.05, 0.1) is 17.9 Å². The number of anilines is 1. The molecule has 0 fully saturated rings. The van der Waals surface area contributed by atoms with E-state index in [1.54, 1.807) is 25.1 Å². The number of hydrogen-bond donors (Lipinski definition) is 1. The average molecular weight is 350 g/mol. The van der Waals surface area contributed by atoms with Crippen LogP contribution in [0.2, 0.25) is 0 Å². The van der Waals surface area contributed by atoms with Crippen molar-refractivity contribution in [2.75, 3.05) is 12.3 Å². The van der Waals surface area contributed by atoms with Crippen molar-refractivity contribution in [3.05, 3.63) is 58.1 Å². The second-order valence-corrected chi connectivity index (χ2v) is 5.21. The Labute approximate surface area is 132 Å². The quantitative estimate of drug-likeness (QED) is 0.658. The van der Waals surface area contributed by atoms with Gasteiger partial charge in [-0.1, -0.05) is 34.1 Å². The Bertz CT molecular complexity index is 643. The van der Waals surface area contributed by atoms with Crippen LogP contribution in [-0.2, 0) is 11.3 Å². The van der Waals surface area contributed by atoms with Crippen LogP contribution in [0.3, 0.4) is 0 Å². The lowest BCUT2D eigenvalue weighted by Gasteiger charge is -2.11. The van der Waals surface area contributed by atoms with Gasteiger partial charge in [0.1, 0.15) is 12.4 Å². The molecule has 0 aliphatic carbocycles. The lowest BCUT2D eigenvalue weighted by molar-refractivity contribution is 0.0526. The molecule has 2 aromatic rings. The van der Waals surface area contributed by atoms with Crippen molar-refractivity contribution in [1.82, 2.24) is 0 Å². The first kappa shape index (κ1) is 15.4. The van der Waals surface area contributed by atoms with Crippen molar-refractivity contribution in [1.29, 1.82) is 0 Å². The first-order chi connectivity index (χ1) is 10.1. The van der Waals surface area contributed by atoms with Crippen LogP contribution < -0.4 is 10.5 Å². The number of ether oxygens (including phenoxy) is 2. The first-order valence-corrected chi connectivity index (χ1v) is 7.34. The molecule has 2 aromatic carbocycles. The van der Waals surface area contributed by atoms with E-state index in [9.17, 15) is 4.79 Å². The maximum atomic E-state index is 11.7. The summed E-state index contributed by atoms with van der Waals surface area (Å²) in [6.45, 7) is 2.45. The minimum atomic E-state index is -0.386. The number of halogens is 1. The zero-order chi connectivity index (χ0) is 15.2. The number of benzene rings is 2. The van der Waals surface area contributed by atoms with E-state index in [2.05, 4.69) is 15.9 Å². The molecule has 0 radical (unpaired) electrons. The van der Waals surface area contributed by atoms with E-state index in [0.717, 1.165) is 10.0 Å². The normalized spacial score (nSPS) is 10.2. The van der Waals surface area contributed by atoms with Crippen molar-refractivity contribution in [3.8, 4) is 5.75 Å². The summed E-state index contributed by atoms with van der Waals surface area (Å²) in [5.41, 5.74) is 7.78. The molecule has 0 atom stereocenters. The van der Waals surface area contributed by atoms with Gasteiger partial charge in [0.25, 0.3) is 0 Å². The molecule has 0 saturated carbocycles. The molecular formula is C16H16BrNO3. The highest BCUT2D eigenvalue weighted by Crippen LogP contribution is 2.25. The SMILES string of the molecule is CCOC(=O)c1ccc(N)c(OCc2ccccc2Br)c1. The van der Waals surface area contributed by atoms with Crippen LogP contribution in [0.25, 0.3) is 0 Å². The monoisotopic (exact) mass is 349 g/mol. The van der Waals surface area contributed by atoms with Gasteiger partial charge in [-0.25, -0.2) is 4.79 Å². The van der Waals surface area contributed by atoms with Gasteiger partial charge in [0, 0.05) is 10.0 Å². The van der Waals surface area contributed by atoms with E-state index in [4.69, 9.17) is 15.2 Å². The van der Waals surface area contributed by atoms with Gasteiger partial charge >= 0.3 is 5.97 Å². The second-order valence-electron chi connectivity index (χ2n) is 4.35. The fraction of sp³-hybridized carbons (Fsp3) is 0.188. The summed E-state index contributed by atoms with van der Waals surface area (Å²) in [6.07, 6.45) is 0. The highest BCUT2D eigenvalue weighted by molar-refractivity contribution is 9.10. The Hall–Kier alpha value is -2.01. The summed E-state index contributed by atoms with van der Waals surface area (Å²) in [5, 5.41) is 0. The third-order valence-corrected chi connectivity index (χ3v) is 3.64. The minimum Gasteiger partial charge on any atom is -0.487 e. The smallest absolute Gasteiger partial charge is 0.338 e. The number of esters is 1. The number of nitrogen functional groups attached to an aromatic ring is 1. The molecule has 0 saturated heterocycles. The van der Waals surface area contributed by atoms with Crippen LogP contribution in [0.1, 0.15) is 22.8 Å². The van der Waals surface area contributed by atoms with Crippen molar-refractivity contribution in [2.45, 2.75) is 13.5 Å². The number of carbonyl (C=O) groups is 1. The summed E-state index contributed by atoms with van der Waals surface area (Å²) in [6, 6.07) is 12.6. The zero-order valence-electron chi connectivity index (χ0n) is 11.6. The molecular weight excluding hydrogens is 334 g/mol. The van der Waals surface area contributed by atoms with Gasteiger partial charge in [0.15, 0.2) is 0 Å². The zero-order valence-corrected chi connectivity index (χ0v) is 13.2. The molecule has 0 aliphatic rings. The minimum absolute atomic E-state index is 0.330. The maximum Gasteiger partial charge on any atom is 0.338 e. The van der Waals surface area contributed by atoms with E-state index < -0.39 is 0 Å². The fourth-order valence-corrected chi connectivity index (χ4v) is 2.17. The van der Waals surface area contributed by atoms with E-state index in [-0.39, 0.29) is 5.97 Å². The lowest BCUT2D eigenvalue weighted by atomic mass is 10.2. The third kappa shape index (κ3) is 3.98. The van der Waals surface area contributed by atoms with Gasteiger partial charge < -0.3 is 15.2 Å². The Balaban J connectivity index is 2.14. The number of hydrogen-bond acceptors (Lipinski definition) is 4. The molecule has 2 N–H and O–H groups in total. The van der Waals surface area contributed by atoms with Crippen LogP contribution in [0.5, 0.6) is 5.75 Å². The van der Waals surface area contributed by atoms with Crippen molar-refractivity contribution >= 4 is 27.6 Å². The fourth-order valence-electron chi connectivity index (χ4n) is 1.77. The van der Waals surface area contributed by atoms with Crippen LogP contribution in [0, 0.1) is 0 Å². The highest BCUT2D eigenvalue weighted by Gasteiger charge is 2.10. The summed E-state index contributed by atoms with van der Waals surface area (Å²) < 4.78 is 11.6. The van der Waals surface area contributed by atoms with E-state index in [0.29, 0.717) is 30.2 Å². The van der Waals surface area contributed by atoms with Gasteiger partial charge in [0.2, 0.25) is 0 Å². The summed E-state index contributed by atoms with van der Waals surface area (Å²) in [4.78, 5) is 11.7. The number of nitrogens with two attached hydrogens (primary N) is 1. The predicted molar refractivity (Wildman–Crippen MR) is 85.3 cm³/mol. The highest BCUT2D eigenvalue weighted by atomic mass is 79.9. The van der Waals surface area contributed by atoms with E-state index >= 15 is 0 Å². The molecule has 0 aliphatic heterocycles. The van der Waals surface area contributed by atoms with Crippen LogP contribution >= 0.6 is 15.9 Å². The van der Waals surface area contributed by atoms with Crippen molar-refractivity contribution in [2.24, 2.45) is 0 Å². The number of carbonyl (C=O) groups excluding carboxylic acids is 1. The van der Waals surface area contributed by atoms with Crippen molar-refractivity contribution in [3.63, 3.8) is 0 Å². The topological polar surface area (TPSA) is 61.5 Å². The molecule has 110 valence electrons.